The standard InChI is InChI=1S/C24H29ClN6O3S/c1-33-34-35-24-29-21(14-22(30-24)31-12-11-26-16-31)28-20(13-17-5-3-2-4-6-17)15-27-23(32)18-7-9-19(25)10-8-18/h7-12,14,16-17,20H,2-6,13,15H2,1H3,(H,27,32)(H,28,29,30). The summed E-state index contributed by atoms with van der Waals surface area (Å²) >= 11 is 6.89. The molecule has 1 unspecified atom stereocenters. The van der Waals surface area contributed by atoms with Gasteiger partial charge in [0.15, 0.2) is 0 Å². The van der Waals surface area contributed by atoms with Gasteiger partial charge < -0.3 is 10.6 Å². The second-order valence-electron chi connectivity index (χ2n) is 8.48. The molecule has 11 heteroatoms. The predicted molar refractivity (Wildman–Crippen MR) is 135 cm³/mol. The first-order valence-electron chi connectivity index (χ1n) is 11.7. The molecule has 186 valence electrons. The molecule has 1 amide bonds. The van der Waals surface area contributed by atoms with Crippen LogP contribution in [0.5, 0.6) is 0 Å². The number of rotatable bonds is 11. The van der Waals surface area contributed by atoms with Crippen LogP contribution in [0.2, 0.25) is 5.02 Å². The van der Waals surface area contributed by atoms with Gasteiger partial charge in [-0.15, -0.1) is 0 Å². The maximum absolute atomic E-state index is 12.7. The second-order valence-corrected chi connectivity index (χ2v) is 9.58. The van der Waals surface area contributed by atoms with Crippen LogP contribution < -0.4 is 10.6 Å². The number of hydrogen-bond acceptors (Lipinski definition) is 8. The Morgan fingerprint density at radius 1 is 1.23 bits per heavy atom. The van der Waals surface area contributed by atoms with Crippen molar-refractivity contribution >= 4 is 35.4 Å². The van der Waals surface area contributed by atoms with Crippen LogP contribution in [0.25, 0.3) is 5.82 Å². The number of nitrogens with one attached hydrogen (secondary N) is 2. The van der Waals surface area contributed by atoms with Crippen LogP contribution in [0.3, 0.4) is 0 Å². The number of hydrogen-bond donors (Lipinski definition) is 2. The number of anilines is 1. The molecule has 1 aliphatic rings. The van der Waals surface area contributed by atoms with E-state index in [1.54, 1.807) is 41.4 Å². The van der Waals surface area contributed by atoms with E-state index in [9.17, 15) is 4.79 Å². The molecule has 0 spiro atoms. The Morgan fingerprint density at radius 2 is 2.03 bits per heavy atom. The first kappa shape index (κ1) is 25.4. The van der Waals surface area contributed by atoms with E-state index >= 15 is 0 Å². The third kappa shape index (κ3) is 7.66. The maximum Gasteiger partial charge on any atom is 0.251 e. The van der Waals surface area contributed by atoms with Crippen LogP contribution in [0.4, 0.5) is 5.82 Å². The lowest BCUT2D eigenvalue weighted by atomic mass is 9.84. The Labute approximate surface area is 214 Å². The maximum atomic E-state index is 12.7. The van der Waals surface area contributed by atoms with Crippen LogP contribution in [0.1, 0.15) is 48.9 Å². The highest BCUT2D eigenvalue weighted by molar-refractivity contribution is 7.94. The zero-order valence-corrected chi connectivity index (χ0v) is 21.1. The van der Waals surface area contributed by atoms with Crippen molar-refractivity contribution in [1.82, 2.24) is 24.8 Å². The predicted octanol–water partition coefficient (Wildman–Crippen LogP) is 5.08. The van der Waals surface area contributed by atoms with Crippen LogP contribution in [0.15, 0.2) is 54.2 Å². The molecule has 0 radical (unpaired) electrons. The Kier molecular flexibility index (Phi) is 9.35. The van der Waals surface area contributed by atoms with Crippen LogP contribution in [0, 0.1) is 5.92 Å². The van der Waals surface area contributed by atoms with Gasteiger partial charge in [-0.05, 0) is 36.6 Å². The van der Waals surface area contributed by atoms with E-state index in [4.69, 9.17) is 20.8 Å². The molecule has 1 saturated carbocycles. The number of halogens is 1. The lowest BCUT2D eigenvalue weighted by molar-refractivity contribution is -0.160. The number of carbonyl (C=O) groups is 1. The summed E-state index contributed by atoms with van der Waals surface area (Å²) in [5, 5.41) is 7.59. The summed E-state index contributed by atoms with van der Waals surface area (Å²) in [5.74, 6) is 1.74. The van der Waals surface area contributed by atoms with Crippen molar-refractivity contribution in [3.8, 4) is 5.82 Å². The van der Waals surface area contributed by atoms with E-state index in [0.29, 0.717) is 39.8 Å². The highest BCUT2D eigenvalue weighted by Crippen LogP contribution is 2.28. The van der Waals surface area contributed by atoms with Crippen molar-refractivity contribution in [2.45, 2.75) is 49.7 Å². The average Bonchev–Trinajstić information content (AvgIpc) is 3.42. The SMILES string of the molecule is COOSc1nc(NC(CNC(=O)c2ccc(Cl)cc2)CC2CCCCC2)cc(-n2ccnc2)n1. The number of benzene rings is 1. The normalized spacial score (nSPS) is 15.0. The molecule has 0 saturated heterocycles. The quantitative estimate of drug-likeness (QED) is 0.157. The van der Waals surface area contributed by atoms with Crippen molar-refractivity contribution in [2.24, 2.45) is 5.92 Å². The average molecular weight is 517 g/mol. The van der Waals surface area contributed by atoms with Crippen molar-refractivity contribution in [3.63, 3.8) is 0 Å². The molecule has 9 nitrogen and oxygen atoms in total. The molecule has 3 aromatic rings. The molecule has 1 atom stereocenters. The van der Waals surface area contributed by atoms with E-state index in [2.05, 4.69) is 25.6 Å². The largest absolute Gasteiger partial charge is 0.365 e. The lowest BCUT2D eigenvalue weighted by Gasteiger charge is -2.28. The molecule has 2 N–H and O–H groups in total. The summed E-state index contributed by atoms with van der Waals surface area (Å²) in [6.07, 6.45) is 12.3. The summed E-state index contributed by atoms with van der Waals surface area (Å²) in [5.41, 5.74) is 0.575. The minimum atomic E-state index is -0.136. The van der Waals surface area contributed by atoms with Crippen molar-refractivity contribution in [1.29, 1.82) is 0 Å². The summed E-state index contributed by atoms with van der Waals surface area (Å²) < 4.78 is 6.78. The molecule has 1 aliphatic carbocycles. The van der Waals surface area contributed by atoms with Gasteiger partial charge in [0.05, 0.1) is 7.11 Å². The smallest absolute Gasteiger partial charge is 0.251 e. The second kappa shape index (κ2) is 12.9. The van der Waals surface area contributed by atoms with Crippen molar-refractivity contribution < 1.29 is 14.0 Å². The van der Waals surface area contributed by atoms with Gasteiger partial charge in [-0.2, -0.15) is 4.33 Å². The number of carbonyl (C=O) groups excluding carboxylic acids is 1. The zero-order valence-electron chi connectivity index (χ0n) is 19.5. The van der Waals surface area contributed by atoms with Gasteiger partial charge >= 0.3 is 0 Å². The number of amides is 1. The summed E-state index contributed by atoms with van der Waals surface area (Å²) in [7, 11) is 1.43. The molecule has 0 aliphatic heterocycles. The van der Waals surface area contributed by atoms with Gasteiger partial charge in [-0.3, -0.25) is 9.36 Å². The van der Waals surface area contributed by atoms with Crippen molar-refractivity contribution in [2.75, 3.05) is 19.0 Å². The van der Waals surface area contributed by atoms with Gasteiger partial charge in [0, 0.05) is 41.6 Å². The number of nitrogens with zero attached hydrogens (tertiary/aromatic N) is 4. The molecule has 4 rings (SSSR count). The lowest BCUT2D eigenvalue weighted by Crippen LogP contribution is -2.38. The first-order valence-corrected chi connectivity index (χ1v) is 12.8. The molecule has 2 aromatic heterocycles. The third-order valence-corrected chi connectivity index (χ3v) is 6.74. The van der Waals surface area contributed by atoms with E-state index < -0.39 is 0 Å². The fourth-order valence-corrected chi connectivity index (χ4v) is 4.78. The van der Waals surface area contributed by atoms with Crippen molar-refractivity contribution in [3.05, 3.63) is 59.6 Å². The highest BCUT2D eigenvalue weighted by Gasteiger charge is 2.21. The van der Waals surface area contributed by atoms with E-state index in [1.807, 2.05) is 12.3 Å². The minimum Gasteiger partial charge on any atom is -0.365 e. The molecular weight excluding hydrogens is 488 g/mol. The Balaban J connectivity index is 1.51. The van der Waals surface area contributed by atoms with Gasteiger partial charge in [-0.25, -0.2) is 19.8 Å². The zero-order chi connectivity index (χ0) is 24.5. The number of imidazole rings is 1. The van der Waals surface area contributed by atoms with Crippen LogP contribution >= 0.6 is 23.6 Å². The van der Waals surface area contributed by atoms with Crippen LogP contribution in [-0.2, 0) is 9.22 Å². The first-order chi connectivity index (χ1) is 17.1. The fraction of sp³-hybridized carbons (Fsp3) is 0.417. The Morgan fingerprint density at radius 3 is 2.74 bits per heavy atom. The Bertz CT molecular complexity index is 1080. The van der Waals surface area contributed by atoms with E-state index in [-0.39, 0.29) is 11.9 Å². The highest BCUT2D eigenvalue weighted by atomic mass is 35.5. The molecule has 35 heavy (non-hydrogen) atoms. The van der Waals surface area contributed by atoms with Gasteiger partial charge in [-0.1, -0.05) is 43.7 Å². The minimum absolute atomic E-state index is 0.0129. The summed E-state index contributed by atoms with van der Waals surface area (Å²) in [4.78, 5) is 30.6. The topological polar surface area (TPSA) is 103 Å². The summed E-state index contributed by atoms with van der Waals surface area (Å²) in [6.45, 7) is 0.458. The van der Waals surface area contributed by atoms with E-state index in [1.165, 1.54) is 39.2 Å². The van der Waals surface area contributed by atoms with Gasteiger partial charge in [0.25, 0.3) is 5.91 Å². The molecule has 1 aromatic carbocycles. The fourth-order valence-electron chi connectivity index (χ4n) is 4.26. The van der Waals surface area contributed by atoms with Gasteiger partial charge in [0.1, 0.15) is 30.0 Å². The van der Waals surface area contributed by atoms with E-state index in [0.717, 1.165) is 18.5 Å². The third-order valence-electron chi connectivity index (χ3n) is 5.95. The van der Waals surface area contributed by atoms with Gasteiger partial charge in [0.2, 0.25) is 5.16 Å². The Hall–Kier alpha value is -2.66. The molecular formula is C24H29ClN6O3S. The monoisotopic (exact) mass is 516 g/mol. The molecule has 2 heterocycles. The molecule has 1 fully saturated rings. The number of aromatic nitrogens is 4. The van der Waals surface area contributed by atoms with Crippen LogP contribution in [-0.4, -0.2) is 45.1 Å². The molecule has 0 bridgehead atoms. The summed E-state index contributed by atoms with van der Waals surface area (Å²) in [6, 6.07) is 8.72.